The van der Waals surface area contributed by atoms with E-state index in [1.165, 1.54) is 0 Å². The first-order valence-electron chi connectivity index (χ1n) is 11.8. The molecule has 2 aliphatic heterocycles. The van der Waals surface area contributed by atoms with Gasteiger partial charge in [-0.25, -0.2) is 9.59 Å². The van der Waals surface area contributed by atoms with Gasteiger partial charge in [-0.05, 0) is 18.1 Å². The second-order valence-corrected chi connectivity index (χ2v) is 9.52. The lowest BCUT2D eigenvalue weighted by molar-refractivity contribution is -0.931. The van der Waals surface area contributed by atoms with E-state index in [0.717, 1.165) is 30.2 Å². The molecule has 3 atom stereocenters. The Labute approximate surface area is 196 Å². The number of hydrogen-bond donors (Lipinski definition) is 0. The van der Waals surface area contributed by atoms with E-state index < -0.39 is 17.5 Å². The van der Waals surface area contributed by atoms with Crippen LogP contribution in [0, 0.1) is 0 Å². The maximum Gasteiger partial charge on any atom is 0.348 e. The van der Waals surface area contributed by atoms with Crippen LogP contribution in [-0.2, 0) is 29.4 Å². The van der Waals surface area contributed by atoms with Crippen LogP contribution in [0.1, 0.15) is 43.7 Å². The fourth-order valence-corrected chi connectivity index (χ4v) is 5.50. The molecule has 2 fully saturated rings. The smallest absolute Gasteiger partial charge is 0.348 e. The van der Waals surface area contributed by atoms with E-state index in [2.05, 4.69) is 14.1 Å². The van der Waals surface area contributed by atoms with Crippen LogP contribution in [0.2, 0.25) is 0 Å². The van der Waals surface area contributed by atoms with Crippen LogP contribution in [0.25, 0.3) is 0 Å². The summed E-state index contributed by atoms with van der Waals surface area (Å²) in [4.78, 5) is 26.2. The number of fused-ring (bicyclic) bond motifs is 2. The third kappa shape index (κ3) is 4.55. The van der Waals surface area contributed by atoms with Crippen molar-refractivity contribution < 1.29 is 28.3 Å². The van der Waals surface area contributed by atoms with E-state index in [9.17, 15) is 9.59 Å². The Balaban J connectivity index is 1.68. The van der Waals surface area contributed by atoms with Gasteiger partial charge in [-0.2, -0.15) is 0 Å². The normalized spacial score (nSPS) is 23.7. The molecule has 2 saturated heterocycles. The van der Waals surface area contributed by atoms with Crippen molar-refractivity contribution in [2.45, 2.75) is 56.4 Å². The molecular weight excluding hydrogens is 418 g/mol. The molecule has 0 aliphatic carbocycles. The highest BCUT2D eigenvalue weighted by atomic mass is 16.6. The molecule has 4 rings (SSSR count). The van der Waals surface area contributed by atoms with E-state index in [1.54, 1.807) is 6.92 Å². The number of nitrogens with zero attached hydrogens (tertiary/aromatic N) is 1. The van der Waals surface area contributed by atoms with Gasteiger partial charge in [0.15, 0.2) is 0 Å². The van der Waals surface area contributed by atoms with Crippen LogP contribution in [0.15, 0.2) is 60.7 Å². The molecule has 2 aromatic rings. The monoisotopic (exact) mass is 452 g/mol. The maximum atomic E-state index is 14.0. The van der Waals surface area contributed by atoms with Gasteiger partial charge < -0.3 is 18.7 Å². The number of piperidine rings is 1. The van der Waals surface area contributed by atoms with Crippen LogP contribution in [-0.4, -0.2) is 61.9 Å². The predicted octanol–water partition coefficient (Wildman–Crippen LogP) is 3.82. The Morgan fingerprint density at radius 2 is 1.42 bits per heavy atom. The minimum atomic E-state index is -1.56. The Morgan fingerprint density at radius 3 is 1.91 bits per heavy atom. The molecule has 176 valence electrons. The summed E-state index contributed by atoms with van der Waals surface area (Å²) >= 11 is 0. The van der Waals surface area contributed by atoms with Crippen molar-refractivity contribution in [3.63, 3.8) is 0 Å². The molecule has 0 saturated carbocycles. The molecule has 0 N–H and O–H groups in total. The number of rotatable bonds is 8. The van der Waals surface area contributed by atoms with Crippen molar-refractivity contribution in [3.8, 4) is 0 Å². The Kier molecular flexibility index (Phi) is 6.86. The molecule has 2 bridgehead atoms. The van der Waals surface area contributed by atoms with Crippen LogP contribution < -0.4 is 0 Å². The lowest BCUT2D eigenvalue weighted by Crippen LogP contribution is -2.56. The first kappa shape index (κ1) is 23.5. The van der Waals surface area contributed by atoms with Crippen molar-refractivity contribution >= 4 is 11.9 Å². The first-order valence-corrected chi connectivity index (χ1v) is 11.8. The molecule has 0 radical (unpaired) electrons. The van der Waals surface area contributed by atoms with Gasteiger partial charge in [-0.15, -0.1) is 0 Å². The number of hydrogen-bond acceptors (Lipinski definition) is 5. The number of carbonyl (C=O) groups excluding carboxylic acids is 2. The Morgan fingerprint density at radius 1 is 0.909 bits per heavy atom. The van der Waals surface area contributed by atoms with Crippen molar-refractivity contribution in [2.24, 2.45) is 0 Å². The van der Waals surface area contributed by atoms with Gasteiger partial charge >= 0.3 is 11.9 Å². The molecule has 2 aromatic carbocycles. The zero-order chi connectivity index (χ0) is 23.5. The van der Waals surface area contributed by atoms with E-state index in [-0.39, 0.29) is 19.3 Å². The van der Waals surface area contributed by atoms with Gasteiger partial charge in [0.25, 0.3) is 0 Å². The second kappa shape index (κ2) is 9.65. The van der Waals surface area contributed by atoms with Crippen molar-refractivity contribution in [3.05, 3.63) is 71.8 Å². The SMILES string of the molecule is CCOC(=O)COC(C(=O)OC1C[C@H]2CC[C@@H](C1)[N+]2(C)C)(c1ccccc1)c1ccccc1. The highest BCUT2D eigenvalue weighted by Gasteiger charge is 2.52. The lowest BCUT2D eigenvalue weighted by Gasteiger charge is -2.44. The summed E-state index contributed by atoms with van der Waals surface area (Å²) in [6.45, 7) is 1.63. The van der Waals surface area contributed by atoms with Crippen molar-refractivity contribution in [1.82, 2.24) is 0 Å². The average molecular weight is 453 g/mol. The zero-order valence-corrected chi connectivity index (χ0v) is 19.7. The molecule has 2 heterocycles. The fourth-order valence-electron chi connectivity index (χ4n) is 5.50. The van der Waals surface area contributed by atoms with E-state index in [0.29, 0.717) is 23.2 Å². The molecule has 2 aliphatic rings. The predicted molar refractivity (Wildman–Crippen MR) is 124 cm³/mol. The topological polar surface area (TPSA) is 61.8 Å². The van der Waals surface area contributed by atoms with Crippen LogP contribution in [0.4, 0.5) is 0 Å². The van der Waals surface area contributed by atoms with Crippen LogP contribution in [0.5, 0.6) is 0 Å². The minimum Gasteiger partial charge on any atom is -0.464 e. The summed E-state index contributed by atoms with van der Waals surface area (Å²) < 4.78 is 18.5. The highest BCUT2D eigenvalue weighted by molar-refractivity contribution is 5.86. The fraction of sp³-hybridized carbons (Fsp3) is 0.481. The third-order valence-corrected chi connectivity index (χ3v) is 7.42. The molecule has 6 nitrogen and oxygen atoms in total. The van der Waals surface area contributed by atoms with Gasteiger partial charge in [0.1, 0.15) is 12.7 Å². The summed E-state index contributed by atoms with van der Waals surface area (Å²) in [7, 11) is 4.56. The second-order valence-electron chi connectivity index (χ2n) is 9.52. The van der Waals surface area contributed by atoms with Crippen LogP contribution in [0.3, 0.4) is 0 Å². The summed E-state index contributed by atoms with van der Waals surface area (Å²) in [6.07, 6.45) is 3.83. The van der Waals surface area contributed by atoms with Crippen LogP contribution >= 0.6 is 0 Å². The Hall–Kier alpha value is -2.70. The average Bonchev–Trinajstić information content (AvgIpc) is 2.97. The van der Waals surface area contributed by atoms with Crippen molar-refractivity contribution in [2.75, 3.05) is 27.3 Å². The zero-order valence-electron chi connectivity index (χ0n) is 19.7. The van der Waals surface area contributed by atoms with E-state index in [1.807, 2.05) is 60.7 Å². The standard InChI is InChI=1S/C27H34NO5/c1-4-31-25(29)19-32-27(20-11-7-5-8-12-20,21-13-9-6-10-14-21)26(30)33-24-17-22-15-16-23(18-24)28(22,2)3/h5-14,22-24H,4,15-19H2,1-3H3/q+1/t22-,23+,24?. The third-order valence-electron chi connectivity index (χ3n) is 7.42. The molecule has 0 amide bonds. The van der Waals surface area contributed by atoms with Crippen molar-refractivity contribution in [1.29, 1.82) is 0 Å². The summed E-state index contributed by atoms with van der Waals surface area (Å²) in [5.41, 5.74) is -0.309. The van der Waals surface area contributed by atoms with Gasteiger partial charge in [-0.3, -0.25) is 0 Å². The van der Waals surface area contributed by atoms with E-state index >= 15 is 0 Å². The molecule has 0 aromatic heterocycles. The Bertz CT molecular complexity index is 903. The number of ether oxygens (including phenoxy) is 3. The molecule has 0 spiro atoms. The molecular formula is C27H34NO5+. The van der Waals surface area contributed by atoms with Gasteiger partial charge in [0, 0.05) is 25.7 Å². The molecule has 33 heavy (non-hydrogen) atoms. The summed E-state index contributed by atoms with van der Waals surface area (Å²) in [6, 6.07) is 19.5. The summed E-state index contributed by atoms with van der Waals surface area (Å²) in [5, 5.41) is 0. The van der Waals surface area contributed by atoms with Gasteiger partial charge in [0.05, 0.1) is 32.8 Å². The largest absolute Gasteiger partial charge is 0.464 e. The van der Waals surface area contributed by atoms with Gasteiger partial charge in [0.2, 0.25) is 5.60 Å². The lowest BCUT2D eigenvalue weighted by atomic mass is 9.85. The first-order chi connectivity index (χ1) is 15.9. The number of esters is 2. The minimum absolute atomic E-state index is 0.167. The highest BCUT2D eigenvalue weighted by Crippen LogP contribution is 2.42. The maximum absolute atomic E-state index is 14.0. The van der Waals surface area contributed by atoms with Gasteiger partial charge in [-0.1, -0.05) is 60.7 Å². The number of benzene rings is 2. The summed E-state index contributed by atoms with van der Waals surface area (Å²) in [5.74, 6) is -1.00. The van der Waals surface area contributed by atoms with E-state index in [4.69, 9.17) is 14.2 Å². The molecule has 6 heteroatoms. The quantitative estimate of drug-likeness (QED) is 0.450. The molecule has 1 unspecified atom stereocenters. The number of carbonyl (C=O) groups is 2. The number of quaternary nitrogens is 1.